The second-order valence-corrected chi connectivity index (χ2v) is 4.54. The Labute approximate surface area is 146 Å². The first-order valence-electron chi connectivity index (χ1n) is 6.87. The van der Waals surface area contributed by atoms with Gasteiger partial charge in [-0.15, -0.1) is 27.2 Å². The van der Waals surface area contributed by atoms with Crippen LogP contribution >= 0.6 is 17.0 Å². The van der Waals surface area contributed by atoms with Crippen LogP contribution in [0.25, 0.3) is 12.2 Å². The van der Waals surface area contributed by atoms with Crippen molar-refractivity contribution in [1.82, 2.24) is 0 Å². The van der Waals surface area contributed by atoms with E-state index in [0.717, 1.165) is 11.1 Å². The van der Waals surface area contributed by atoms with E-state index in [4.69, 9.17) is 11.5 Å². The Morgan fingerprint density at radius 3 is 1.52 bits per heavy atom. The van der Waals surface area contributed by atoms with Crippen molar-refractivity contribution in [2.24, 2.45) is 21.7 Å². The Kier molecular flexibility index (Phi) is 8.10. The number of hydrogen-bond acceptors (Lipinski definition) is 2. The second-order valence-electron chi connectivity index (χ2n) is 4.54. The Bertz CT molecular complexity index is 649. The number of benzene rings is 2. The van der Waals surface area contributed by atoms with Gasteiger partial charge in [-0.05, 0) is 23.3 Å². The van der Waals surface area contributed by atoms with Crippen LogP contribution in [-0.4, -0.2) is 11.7 Å². The van der Waals surface area contributed by atoms with Crippen LogP contribution in [-0.2, 0) is 0 Å². The van der Waals surface area contributed by atoms with Gasteiger partial charge in [0, 0.05) is 0 Å². The summed E-state index contributed by atoms with van der Waals surface area (Å²) in [7, 11) is 0. The summed E-state index contributed by atoms with van der Waals surface area (Å²) < 4.78 is 0. The molecule has 23 heavy (non-hydrogen) atoms. The predicted molar refractivity (Wildman–Crippen MR) is 105 cm³/mol. The minimum Gasteiger partial charge on any atom is -0.369 e. The summed E-state index contributed by atoms with van der Waals surface area (Å²) in [5.74, 6) is -0.0706. The zero-order chi connectivity index (χ0) is 15.6. The van der Waals surface area contributed by atoms with Crippen LogP contribution in [0.3, 0.4) is 0 Å². The smallest absolute Gasteiger partial charge is 0.211 e. The first-order valence-corrected chi connectivity index (χ1v) is 6.87. The van der Waals surface area contributed by atoms with E-state index in [1.165, 1.54) is 0 Å². The van der Waals surface area contributed by atoms with Gasteiger partial charge in [-0.3, -0.25) is 0 Å². The summed E-state index contributed by atoms with van der Waals surface area (Å²) >= 11 is 0. The molecular formula is C18H19BrN4. The maximum Gasteiger partial charge on any atom is 0.211 e. The molecule has 2 aromatic carbocycles. The molecule has 0 saturated heterocycles. The third-order valence-electron chi connectivity index (χ3n) is 2.77. The first kappa shape index (κ1) is 18.4. The molecule has 2 rings (SSSR count). The van der Waals surface area contributed by atoms with Gasteiger partial charge in [0.25, 0.3) is 0 Å². The van der Waals surface area contributed by atoms with Gasteiger partial charge in [-0.1, -0.05) is 72.8 Å². The van der Waals surface area contributed by atoms with Crippen LogP contribution in [0.15, 0.2) is 83.0 Å². The van der Waals surface area contributed by atoms with E-state index >= 15 is 0 Å². The number of rotatable bonds is 5. The van der Waals surface area contributed by atoms with Gasteiger partial charge in [0.15, 0.2) is 0 Å². The highest BCUT2D eigenvalue weighted by Crippen LogP contribution is 2.04. The van der Waals surface area contributed by atoms with Crippen molar-refractivity contribution < 1.29 is 0 Å². The summed E-state index contributed by atoms with van der Waals surface area (Å²) in [6.07, 6.45) is 7.63. The van der Waals surface area contributed by atoms with Crippen molar-refractivity contribution >= 4 is 40.8 Å². The third kappa shape index (κ3) is 7.24. The summed E-state index contributed by atoms with van der Waals surface area (Å²) in [5.41, 5.74) is 13.5. The lowest BCUT2D eigenvalue weighted by Gasteiger charge is -1.95. The molecular weight excluding hydrogens is 352 g/mol. The molecule has 0 aliphatic heterocycles. The summed E-state index contributed by atoms with van der Waals surface area (Å²) in [6, 6.07) is 19.9. The van der Waals surface area contributed by atoms with Crippen LogP contribution in [0.1, 0.15) is 11.1 Å². The first-order chi connectivity index (χ1) is 10.7. The fourth-order valence-corrected chi connectivity index (χ4v) is 1.73. The highest BCUT2D eigenvalue weighted by molar-refractivity contribution is 8.93. The summed E-state index contributed by atoms with van der Waals surface area (Å²) in [4.78, 5) is 0. The van der Waals surface area contributed by atoms with Gasteiger partial charge in [0.1, 0.15) is 0 Å². The van der Waals surface area contributed by atoms with Crippen LogP contribution in [0.4, 0.5) is 0 Å². The van der Waals surface area contributed by atoms with E-state index in [9.17, 15) is 0 Å². The molecule has 0 saturated carbocycles. The topological polar surface area (TPSA) is 76.8 Å². The zero-order valence-electron chi connectivity index (χ0n) is 12.5. The van der Waals surface area contributed by atoms with E-state index in [-0.39, 0.29) is 22.9 Å². The highest BCUT2D eigenvalue weighted by atomic mass is 79.9. The van der Waals surface area contributed by atoms with Gasteiger partial charge in [-0.2, -0.15) is 0 Å². The van der Waals surface area contributed by atoms with Crippen LogP contribution in [0, 0.1) is 0 Å². The van der Waals surface area contributed by atoms with Crippen molar-refractivity contribution in [2.75, 3.05) is 0 Å². The monoisotopic (exact) mass is 370 g/mol. The summed E-state index contributed by atoms with van der Waals surface area (Å²) in [6.45, 7) is 0. The molecule has 0 fully saturated rings. The maximum absolute atomic E-state index is 5.33. The lowest BCUT2D eigenvalue weighted by atomic mass is 10.1. The van der Waals surface area contributed by atoms with Crippen molar-refractivity contribution in [3.63, 3.8) is 0 Å². The van der Waals surface area contributed by atoms with Gasteiger partial charge in [-0.25, -0.2) is 0 Å². The molecule has 0 atom stereocenters. The normalized spacial score (nSPS) is 10.3. The molecule has 0 aromatic heterocycles. The Morgan fingerprint density at radius 2 is 1.13 bits per heavy atom. The molecule has 5 heteroatoms. The number of guanidine groups is 1. The molecule has 0 aliphatic rings. The number of nitrogens with zero attached hydrogens (tertiary/aromatic N) is 2. The molecule has 0 radical (unpaired) electrons. The third-order valence-corrected chi connectivity index (χ3v) is 2.77. The van der Waals surface area contributed by atoms with Crippen molar-refractivity contribution in [3.8, 4) is 0 Å². The predicted octanol–water partition coefficient (Wildman–Crippen LogP) is 3.62. The van der Waals surface area contributed by atoms with Crippen LogP contribution in [0.5, 0.6) is 0 Å². The summed E-state index contributed by atoms with van der Waals surface area (Å²) in [5, 5.41) is 7.74. The van der Waals surface area contributed by atoms with E-state index < -0.39 is 0 Å². The molecule has 0 heterocycles. The molecule has 0 spiro atoms. The molecule has 4 N–H and O–H groups in total. The molecule has 0 unspecified atom stereocenters. The standard InChI is InChI=1S/C18H18N4.BrH/c19-18(20)22-21-17(13-11-15-7-3-1-4-8-15)14-12-16-9-5-2-6-10-16;/h1-14H,(H4,19,20,22);1H. The molecule has 0 aliphatic carbocycles. The van der Waals surface area contributed by atoms with Crippen LogP contribution in [0.2, 0.25) is 0 Å². The average Bonchev–Trinajstić information content (AvgIpc) is 2.56. The minimum absolute atomic E-state index is 0. The zero-order valence-corrected chi connectivity index (χ0v) is 14.3. The molecule has 0 bridgehead atoms. The lowest BCUT2D eigenvalue weighted by Crippen LogP contribution is -2.22. The van der Waals surface area contributed by atoms with Crippen LogP contribution < -0.4 is 11.5 Å². The van der Waals surface area contributed by atoms with Gasteiger partial charge in [0.05, 0.1) is 5.71 Å². The van der Waals surface area contributed by atoms with Gasteiger partial charge < -0.3 is 11.5 Å². The van der Waals surface area contributed by atoms with Crippen molar-refractivity contribution in [3.05, 3.63) is 83.9 Å². The number of hydrogen-bond donors (Lipinski definition) is 2. The largest absolute Gasteiger partial charge is 0.369 e. The Hall–Kier alpha value is -2.66. The molecule has 118 valence electrons. The average molecular weight is 371 g/mol. The highest BCUT2D eigenvalue weighted by Gasteiger charge is 1.91. The lowest BCUT2D eigenvalue weighted by molar-refractivity contribution is 1.21. The van der Waals surface area contributed by atoms with Gasteiger partial charge in [0.2, 0.25) is 5.96 Å². The number of halogens is 1. The van der Waals surface area contributed by atoms with E-state index in [1.54, 1.807) is 0 Å². The second kappa shape index (κ2) is 10.1. The fourth-order valence-electron chi connectivity index (χ4n) is 1.73. The maximum atomic E-state index is 5.33. The quantitative estimate of drug-likeness (QED) is 0.478. The number of nitrogens with two attached hydrogens (primary N) is 2. The Balaban J connectivity index is 0.00000264. The molecule has 0 amide bonds. The van der Waals surface area contributed by atoms with Gasteiger partial charge >= 0.3 is 0 Å². The Morgan fingerprint density at radius 1 is 0.696 bits per heavy atom. The van der Waals surface area contributed by atoms with Crippen molar-refractivity contribution in [1.29, 1.82) is 0 Å². The van der Waals surface area contributed by atoms with Crippen molar-refractivity contribution in [2.45, 2.75) is 0 Å². The number of allylic oxidation sites excluding steroid dienone is 2. The fraction of sp³-hybridized carbons (Fsp3) is 0. The SMILES string of the molecule is Br.NC(N)=NN=C(C=Cc1ccccc1)C=Cc1ccccc1. The molecule has 4 nitrogen and oxygen atoms in total. The molecule has 2 aromatic rings. The van der Waals surface area contributed by atoms with E-state index in [1.807, 2.05) is 85.0 Å². The van der Waals surface area contributed by atoms with E-state index in [2.05, 4.69) is 10.2 Å². The van der Waals surface area contributed by atoms with E-state index in [0.29, 0.717) is 5.71 Å². The minimum atomic E-state index is -0.0706.